The number of nitrogens with one attached hydrogen (secondary N) is 1. The quantitative estimate of drug-likeness (QED) is 0.713. The second-order valence-electron chi connectivity index (χ2n) is 4.50. The van der Waals surface area contributed by atoms with Gasteiger partial charge in [-0.15, -0.1) is 0 Å². The fourth-order valence-electron chi connectivity index (χ4n) is 1.51. The van der Waals surface area contributed by atoms with Gasteiger partial charge < -0.3 is 10.1 Å². The molecule has 0 aromatic carbocycles. The van der Waals surface area contributed by atoms with Gasteiger partial charge >= 0.3 is 0 Å². The van der Waals surface area contributed by atoms with Crippen LogP contribution in [0.3, 0.4) is 0 Å². The van der Waals surface area contributed by atoms with E-state index < -0.39 is 0 Å². The molecule has 0 bridgehead atoms. The number of pyridine rings is 1. The van der Waals surface area contributed by atoms with E-state index >= 15 is 0 Å². The zero-order chi connectivity index (χ0) is 11.2. The minimum Gasteiger partial charge on any atom is -0.380 e. The van der Waals surface area contributed by atoms with Crippen LogP contribution in [0.5, 0.6) is 0 Å². The van der Waals surface area contributed by atoms with E-state index in [0.29, 0.717) is 0 Å². The lowest BCUT2D eigenvalue weighted by atomic mass is 10.2. The summed E-state index contributed by atoms with van der Waals surface area (Å²) in [6, 6.07) is 4.15. The number of hydrogen-bond acceptors (Lipinski definition) is 3. The van der Waals surface area contributed by atoms with E-state index in [9.17, 15) is 0 Å². The second kappa shape index (κ2) is 5.97. The Hall–Kier alpha value is -0.930. The van der Waals surface area contributed by atoms with Crippen LogP contribution in [-0.4, -0.2) is 24.7 Å². The summed E-state index contributed by atoms with van der Waals surface area (Å²) in [6.07, 6.45) is 4.65. The molecule has 1 saturated carbocycles. The Bertz CT molecular complexity index is 306. The second-order valence-corrected chi connectivity index (χ2v) is 4.50. The van der Waals surface area contributed by atoms with Crippen LogP contribution in [-0.2, 0) is 11.3 Å². The van der Waals surface area contributed by atoms with Gasteiger partial charge in [-0.05, 0) is 37.3 Å². The standard InChI is InChI=1S/C13H20N2O/c1-11-2-3-13(9-15-11)8-14-6-7-16-10-12-4-5-12/h2-3,9,12,14H,4-8,10H2,1H3. The van der Waals surface area contributed by atoms with Crippen molar-refractivity contribution in [2.75, 3.05) is 19.8 Å². The van der Waals surface area contributed by atoms with Crippen LogP contribution in [0.1, 0.15) is 24.1 Å². The zero-order valence-electron chi connectivity index (χ0n) is 9.91. The maximum Gasteiger partial charge on any atom is 0.0591 e. The predicted octanol–water partition coefficient (Wildman–Crippen LogP) is 1.91. The molecule has 0 spiro atoms. The number of ether oxygens (including phenoxy) is 1. The Morgan fingerprint density at radius 3 is 3.00 bits per heavy atom. The molecule has 2 rings (SSSR count). The van der Waals surface area contributed by atoms with Gasteiger partial charge in [0.15, 0.2) is 0 Å². The molecule has 0 unspecified atom stereocenters. The average molecular weight is 220 g/mol. The smallest absolute Gasteiger partial charge is 0.0591 e. The molecule has 88 valence electrons. The summed E-state index contributed by atoms with van der Waals surface area (Å²) in [6.45, 7) is 5.56. The van der Waals surface area contributed by atoms with Crippen molar-refractivity contribution in [1.29, 1.82) is 0 Å². The summed E-state index contributed by atoms with van der Waals surface area (Å²) >= 11 is 0. The van der Waals surface area contributed by atoms with Crippen molar-refractivity contribution in [3.05, 3.63) is 29.6 Å². The normalized spacial score (nSPS) is 15.3. The van der Waals surface area contributed by atoms with Gasteiger partial charge in [0.1, 0.15) is 0 Å². The van der Waals surface area contributed by atoms with Crippen molar-refractivity contribution >= 4 is 0 Å². The van der Waals surface area contributed by atoms with E-state index in [4.69, 9.17) is 4.74 Å². The number of rotatable bonds is 7. The van der Waals surface area contributed by atoms with E-state index in [1.807, 2.05) is 19.2 Å². The SMILES string of the molecule is Cc1ccc(CNCCOCC2CC2)cn1. The van der Waals surface area contributed by atoms with E-state index in [-0.39, 0.29) is 0 Å². The van der Waals surface area contributed by atoms with Gasteiger partial charge in [-0.25, -0.2) is 0 Å². The maximum atomic E-state index is 5.54. The average Bonchev–Trinajstić information content (AvgIpc) is 3.10. The largest absolute Gasteiger partial charge is 0.380 e. The first kappa shape index (κ1) is 11.6. The van der Waals surface area contributed by atoms with Crippen molar-refractivity contribution in [2.45, 2.75) is 26.3 Å². The van der Waals surface area contributed by atoms with Crippen LogP contribution in [0.2, 0.25) is 0 Å². The summed E-state index contributed by atoms with van der Waals surface area (Å²) in [7, 11) is 0. The Morgan fingerprint density at radius 1 is 1.44 bits per heavy atom. The molecule has 1 aromatic rings. The molecule has 0 radical (unpaired) electrons. The fourth-order valence-corrected chi connectivity index (χ4v) is 1.51. The highest BCUT2D eigenvalue weighted by Gasteiger charge is 2.20. The Balaban J connectivity index is 1.51. The summed E-state index contributed by atoms with van der Waals surface area (Å²) in [4.78, 5) is 4.25. The van der Waals surface area contributed by atoms with Gasteiger partial charge in [0.2, 0.25) is 0 Å². The van der Waals surface area contributed by atoms with Crippen LogP contribution < -0.4 is 5.32 Å². The Kier molecular flexibility index (Phi) is 4.31. The molecule has 1 fully saturated rings. The highest BCUT2D eigenvalue weighted by molar-refractivity contribution is 5.12. The molecule has 1 aromatic heterocycles. The topological polar surface area (TPSA) is 34.1 Å². The monoisotopic (exact) mass is 220 g/mol. The van der Waals surface area contributed by atoms with E-state index in [2.05, 4.69) is 16.4 Å². The summed E-state index contributed by atoms with van der Waals surface area (Å²) < 4.78 is 5.54. The van der Waals surface area contributed by atoms with Crippen molar-refractivity contribution in [3.8, 4) is 0 Å². The molecule has 0 amide bonds. The summed E-state index contributed by atoms with van der Waals surface area (Å²) in [5.41, 5.74) is 2.30. The number of aryl methyl sites for hydroxylation is 1. The van der Waals surface area contributed by atoms with Crippen LogP contribution in [0, 0.1) is 12.8 Å². The van der Waals surface area contributed by atoms with Crippen molar-refractivity contribution in [2.24, 2.45) is 5.92 Å². The zero-order valence-corrected chi connectivity index (χ0v) is 9.91. The highest BCUT2D eigenvalue weighted by atomic mass is 16.5. The minimum atomic E-state index is 0.815. The molecular weight excluding hydrogens is 200 g/mol. The van der Waals surface area contributed by atoms with Crippen molar-refractivity contribution in [1.82, 2.24) is 10.3 Å². The van der Waals surface area contributed by atoms with Crippen LogP contribution in [0.4, 0.5) is 0 Å². The van der Waals surface area contributed by atoms with Gasteiger partial charge in [0.25, 0.3) is 0 Å². The first-order valence-corrected chi connectivity index (χ1v) is 6.04. The molecule has 0 atom stereocenters. The number of hydrogen-bond donors (Lipinski definition) is 1. The van der Waals surface area contributed by atoms with E-state index in [1.54, 1.807) is 0 Å². The van der Waals surface area contributed by atoms with Gasteiger partial charge in [0.05, 0.1) is 6.61 Å². The maximum absolute atomic E-state index is 5.54. The minimum absolute atomic E-state index is 0.815. The molecule has 16 heavy (non-hydrogen) atoms. The van der Waals surface area contributed by atoms with Gasteiger partial charge in [-0.1, -0.05) is 6.07 Å². The number of aromatic nitrogens is 1. The fraction of sp³-hybridized carbons (Fsp3) is 0.615. The molecule has 1 aliphatic carbocycles. The lowest BCUT2D eigenvalue weighted by Gasteiger charge is -2.05. The Morgan fingerprint density at radius 2 is 2.31 bits per heavy atom. The van der Waals surface area contributed by atoms with E-state index in [0.717, 1.165) is 37.9 Å². The van der Waals surface area contributed by atoms with Crippen molar-refractivity contribution < 1.29 is 4.74 Å². The van der Waals surface area contributed by atoms with Crippen LogP contribution in [0.25, 0.3) is 0 Å². The van der Waals surface area contributed by atoms with Gasteiger partial charge in [-0.2, -0.15) is 0 Å². The van der Waals surface area contributed by atoms with Crippen molar-refractivity contribution in [3.63, 3.8) is 0 Å². The van der Waals surface area contributed by atoms with Crippen LogP contribution >= 0.6 is 0 Å². The molecule has 3 nitrogen and oxygen atoms in total. The van der Waals surface area contributed by atoms with Crippen LogP contribution in [0.15, 0.2) is 18.3 Å². The van der Waals surface area contributed by atoms with Gasteiger partial charge in [0, 0.05) is 31.6 Å². The molecular formula is C13H20N2O. The molecule has 1 N–H and O–H groups in total. The Labute approximate surface area is 97.2 Å². The lowest BCUT2D eigenvalue weighted by Crippen LogP contribution is -2.19. The predicted molar refractivity (Wildman–Crippen MR) is 64.2 cm³/mol. The molecule has 3 heteroatoms. The lowest BCUT2D eigenvalue weighted by molar-refractivity contribution is 0.126. The molecule has 0 aliphatic heterocycles. The summed E-state index contributed by atoms with van der Waals surface area (Å²) in [5, 5.41) is 3.35. The highest BCUT2D eigenvalue weighted by Crippen LogP contribution is 2.28. The first-order chi connectivity index (χ1) is 7.84. The summed E-state index contributed by atoms with van der Waals surface area (Å²) in [5.74, 6) is 0.862. The van der Waals surface area contributed by atoms with E-state index in [1.165, 1.54) is 18.4 Å². The molecule has 1 heterocycles. The molecule has 1 aliphatic rings. The molecule has 0 saturated heterocycles. The third-order valence-corrected chi connectivity index (χ3v) is 2.78. The third-order valence-electron chi connectivity index (χ3n) is 2.78. The van der Waals surface area contributed by atoms with Gasteiger partial charge in [-0.3, -0.25) is 4.98 Å². The first-order valence-electron chi connectivity index (χ1n) is 6.04. The number of nitrogens with zero attached hydrogens (tertiary/aromatic N) is 1. The third kappa shape index (κ3) is 4.29.